The molecule has 0 radical (unpaired) electrons. The number of benzene rings is 2. The molecule has 0 unspecified atom stereocenters. The second-order valence-corrected chi connectivity index (χ2v) is 8.15. The van der Waals surface area contributed by atoms with Crippen LogP contribution in [0.3, 0.4) is 0 Å². The number of amides is 1. The lowest BCUT2D eigenvalue weighted by Gasteiger charge is -2.36. The van der Waals surface area contributed by atoms with Gasteiger partial charge in [-0.2, -0.15) is 0 Å². The van der Waals surface area contributed by atoms with E-state index >= 15 is 0 Å². The average molecular weight is 381 g/mol. The Morgan fingerprint density at radius 2 is 1.64 bits per heavy atom. The van der Waals surface area contributed by atoms with Gasteiger partial charge in [0.15, 0.2) is 0 Å². The first-order valence-electron chi connectivity index (χ1n) is 10.7. The number of nitrogens with zero attached hydrogens (tertiary/aromatic N) is 3. The zero-order valence-electron chi connectivity index (χ0n) is 16.7. The van der Waals surface area contributed by atoms with E-state index in [1.54, 1.807) is 0 Å². The quantitative estimate of drug-likeness (QED) is 0.867. The Labute approximate surface area is 168 Å². The zero-order chi connectivity index (χ0) is 19.3. The first kappa shape index (κ1) is 19.2. The molecule has 28 heavy (non-hydrogen) atoms. The van der Waals surface area contributed by atoms with Gasteiger partial charge in [-0.3, -0.25) is 9.69 Å². The van der Waals surface area contributed by atoms with E-state index in [0.717, 1.165) is 65.1 Å². The predicted octanol–water partition coefficient (Wildman–Crippen LogP) is 2.69. The molecule has 5 nitrogen and oxygen atoms in total. The molecule has 2 fully saturated rings. The molecule has 5 heteroatoms. The molecule has 0 atom stereocenters. The van der Waals surface area contributed by atoms with Crippen molar-refractivity contribution in [1.29, 1.82) is 0 Å². The molecule has 2 heterocycles. The topological polar surface area (TPSA) is 52.8 Å². The van der Waals surface area contributed by atoms with Crippen LogP contribution in [0.1, 0.15) is 25.7 Å². The average Bonchev–Trinajstić information content (AvgIpc) is 2.74. The maximum absolute atomic E-state index is 12.4. The van der Waals surface area contributed by atoms with Gasteiger partial charge < -0.3 is 15.5 Å². The molecule has 2 saturated heterocycles. The van der Waals surface area contributed by atoms with Gasteiger partial charge in [0.1, 0.15) is 0 Å². The molecule has 0 spiro atoms. The predicted molar refractivity (Wildman–Crippen MR) is 116 cm³/mol. The molecule has 2 aliphatic heterocycles. The summed E-state index contributed by atoms with van der Waals surface area (Å²) in [5.41, 5.74) is 7.27. The van der Waals surface area contributed by atoms with Crippen molar-refractivity contribution in [1.82, 2.24) is 9.80 Å². The van der Waals surface area contributed by atoms with E-state index in [0.29, 0.717) is 12.3 Å². The highest BCUT2D eigenvalue weighted by Crippen LogP contribution is 2.27. The van der Waals surface area contributed by atoms with Gasteiger partial charge in [0, 0.05) is 62.8 Å². The van der Waals surface area contributed by atoms with Gasteiger partial charge in [-0.25, -0.2) is 0 Å². The van der Waals surface area contributed by atoms with Crippen LogP contribution >= 0.6 is 0 Å². The third kappa shape index (κ3) is 4.47. The number of likely N-dealkylation sites (tertiary alicyclic amines) is 1. The van der Waals surface area contributed by atoms with Crippen LogP contribution in [0.5, 0.6) is 0 Å². The molecule has 2 N–H and O–H groups in total. The van der Waals surface area contributed by atoms with Crippen molar-refractivity contribution in [3.63, 3.8) is 0 Å². The van der Waals surface area contributed by atoms with Crippen molar-refractivity contribution in [2.75, 3.05) is 50.7 Å². The van der Waals surface area contributed by atoms with E-state index in [1.807, 2.05) is 4.90 Å². The highest BCUT2D eigenvalue weighted by molar-refractivity contribution is 5.94. The first-order chi connectivity index (χ1) is 13.7. The van der Waals surface area contributed by atoms with Crippen LogP contribution in [-0.4, -0.2) is 67.6 Å². The van der Waals surface area contributed by atoms with Gasteiger partial charge in [-0.15, -0.1) is 0 Å². The van der Waals surface area contributed by atoms with Gasteiger partial charge in [0.2, 0.25) is 5.91 Å². The Balaban J connectivity index is 1.23. The molecule has 0 saturated carbocycles. The lowest BCUT2D eigenvalue weighted by molar-refractivity contribution is -0.132. The highest BCUT2D eigenvalue weighted by Gasteiger charge is 2.21. The summed E-state index contributed by atoms with van der Waals surface area (Å²) in [4.78, 5) is 19.4. The standard InChI is InChI=1S/C23H32N4O/c24-20-10-13-27(14-11-20)23(28)9-4-12-25-15-17-26(18-16-25)22-8-3-6-19-5-1-2-7-21(19)22/h1-3,5-8,20H,4,9-18,24H2. The van der Waals surface area contributed by atoms with E-state index < -0.39 is 0 Å². The monoisotopic (exact) mass is 380 g/mol. The number of piperidine rings is 1. The van der Waals surface area contributed by atoms with Crippen molar-refractivity contribution in [3.05, 3.63) is 42.5 Å². The lowest BCUT2D eigenvalue weighted by Crippen LogP contribution is -2.47. The van der Waals surface area contributed by atoms with Crippen LogP contribution in [0.15, 0.2) is 42.5 Å². The summed E-state index contributed by atoms with van der Waals surface area (Å²) < 4.78 is 0. The number of carbonyl (C=O) groups is 1. The van der Waals surface area contributed by atoms with Gasteiger partial charge in [0.25, 0.3) is 0 Å². The zero-order valence-corrected chi connectivity index (χ0v) is 16.7. The van der Waals surface area contributed by atoms with Crippen molar-refractivity contribution in [3.8, 4) is 0 Å². The molecule has 1 amide bonds. The van der Waals surface area contributed by atoms with Crippen LogP contribution in [0.2, 0.25) is 0 Å². The van der Waals surface area contributed by atoms with E-state index in [-0.39, 0.29) is 6.04 Å². The van der Waals surface area contributed by atoms with Crippen molar-refractivity contribution in [2.24, 2.45) is 5.73 Å². The number of hydrogen-bond donors (Lipinski definition) is 1. The number of rotatable bonds is 5. The fourth-order valence-corrected chi connectivity index (χ4v) is 4.46. The van der Waals surface area contributed by atoms with Gasteiger partial charge in [0.05, 0.1) is 0 Å². The highest BCUT2D eigenvalue weighted by atomic mass is 16.2. The molecular formula is C23H32N4O. The molecule has 0 aliphatic carbocycles. The summed E-state index contributed by atoms with van der Waals surface area (Å²) in [6, 6.07) is 15.5. The summed E-state index contributed by atoms with van der Waals surface area (Å²) in [5.74, 6) is 0.307. The van der Waals surface area contributed by atoms with Crippen LogP contribution in [0, 0.1) is 0 Å². The molecule has 2 aliphatic rings. The minimum atomic E-state index is 0.280. The fraction of sp³-hybridized carbons (Fsp3) is 0.522. The van der Waals surface area contributed by atoms with Gasteiger partial charge in [-0.1, -0.05) is 36.4 Å². The molecule has 150 valence electrons. The number of fused-ring (bicyclic) bond motifs is 1. The summed E-state index contributed by atoms with van der Waals surface area (Å²) in [5, 5.41) is 2.64. The normalized spacial score (nSPS) is 19.3. The maximum Gasteiger partial charge on any atom is 0.222 e. The molecular weight excluding hydrogens is 348 g/mol. The van der Waals surface area contributed by atoms with Crippen molar-refractivity contribution < 1.29 is 4.79 Å². The number of piperazine rings is 1. The van der Waals surface area contributed by atoms with Crippen LogP contribution < -0.4 is 10.6 Å². The van der Waals surface area contributed by atoms with E-state index in [1.165, 1.54) is 16.5 Å². The van der Waals surface area contributed by atoms with E-state index in [2.05, 4.69) is 52.3 Å². The molecule has 4 rings (SSSR count). The smallest absolute Gasteiger partial charge is 0.222 e. The minimum absolute atomic E-state index is 0.280. The third-order valence-electron chi connectivity index (χ3n) is 6.24. The fourth-order valence-electron chi connectivity index (χ4n) is 4.46. The second kappa shape index (κ2) is 8.93. The van der Waals surface area contributed by atoms with Crippen LogP contribution in [0.25, 0.3) is 10.8 Å². The Bertz CT molecular complexity index is 787. The van der Waals surface area contributed by atoms with Crippen LogP contribution in [0.4, 0.5) is 5.69 Å². The SMILES string of the molecule is NC1CCN(C(=O)CCCN2CCN(c3cccc4ccccc34)CC2)CC1. The minimum Gasteiger partial charge on any atom is -0.368 e. The van der Waals surface area contributed by atoms with Gasteiger partial charge in [-0.05, 0) is 37.3 Å². The summed E-state index contributed by atoms with van der Waals surface area (Å²) in [7, 11) is 0. The Hall–Kier alpha value is -2.11. The molecule has 0 aromatic heterocycles. The molecule has 2 aromatic rings. The lowest BCUT2D eigenvalue weighted by atomic mass is 10.1. The molecule has 2 aromatic carbocycles. The Kier molecular flexibility index (Phi) is 6.13. The third-order valence-corrected chi connectivity index (χ3v) is 6.24. The number of carbonyl (C=O) groups excluding carboxylic acids is 1. The summed E-state index contributed by atoms with van der Waals surface area (Å²) >= 11 is 0. The maximum atomic E-state index is 12.4. The number of nitrogens with two attached hydrogens (primary N) is 1. The van der Waals surface area contributed by atoms with Crippen molar-refractivity contribution >= 4 is 22.4 Å². The Morgan fingerprint density at radius 1 is 0.929 bits per heavy atom. The Morgan fingerprint density at radius 3 is 2.43 bits per heavy atom. The van der Waals surface area contributed by atoms with E-state index in [4.69, 9.17) is 5.73 Å². The number of anilines is 1. The van der Waals surface area contributed by atoms with Gasteiger partial charge >= 0.3 is 0 Å². The summed E-state index contributed by atoms with van der Waals surface area (Å²) in [6.45, 7) is 6.92. The number of hydrogen-bond acceptors (Lipinski definition) is 4. The second-order valence-electron chi connectivity index (χ2n) is 8.15. The first-order valence-corrected chi connectivity index (χ1v) is 10.7. The van der Waals surface area contributed by atoms with E-state index in [9.17, 15) is 4.79 Å². The van der Waals surface area contributed by atoms with Crippen molar-refractivity contribution in [2.45, 2.75) is 31.7 Å². The summed E-state index contributed by atoms with van der Waals surface area (Å²) in [6.07, 6.45) is 3.51. The largest absolute Gasteiger partial charge is 0.368 e. The van der Waals surface area contributed by atoms with Crippen LogP contribution in [-0.2, 0) is 4.79 Å². The molecule has 0 bridgehead atoms.